The van der Waals surface area contributed by atoms with Crippen LogP contribution in [0.5, 0.6) is 0 Å². The highest BCUT2D eigenvalue weighted by Gasteiger charge is 2.37. The molecule has 0 aliphatic carbocycles. The van der Waals surface area contributed by atoms with Crippen LogP contribution in [-0.4, -0.2) is 40.9 Å². The fourth-order valence-electron chi connectivity index (χ4n) is 3.31. The van der Waals surface area contributed by atoms with Crippen LogP contribution in [0.2, 0.25) is 5.02 Å². The Kier molecular flexibility index (Phi) is 4.77. The predicted octanol–water partition coefficient (Wildman–Crippen LogP) is 2.56. The molecule has 26 heavy (non-hydrogen) atoms. The zero-order valence-electron chi connectivity index (χ0n) is 13.9. The van der Waals surface area contributed by atoms with E-state index in [0.29, 0.717) is 11.2 Å². The Labute approximate surface area is 152 Å². The van der Waals surface area contributed by atoms with Crippen LogP contribution in [0.4, 0.5) is 18.9 Å². The number of nitriles is 1. The van der Waals surface area contributed by atoms with E-state index in [0.717, 1.165) is 0 Å². The summed E-state index contributed by atoms with van der Waals surface area (Å²) >= 11 is 6.17. The van der Waals surface area contributed by atoms with Gasteiger partial charge in [-0.3, -0.25) is 10.1 Å². The lowest BCUT2D eigenvalue weighted by Crippen LogP contribution is -2.45. The van der Waals surface area contributed by atoms with Crippen LogP contribution in [0.25, 0.3) is 11.0 Å². The number of halogens is 4. The quantitative estimate of drug-likeness (QED) is 0.702. The number of aromatic amines is 1. The number of fused-ring (bicyclic) bond motifs is 1. The topological polar surface area (TPSA) is 102 Å². The summed E-state index contributed by atoms with van der Waals surface area (Å²) in [4.78, 5) is 8.40. The van der Waals surface area contributed by atoms with Crippen LogP contribution in [0.3, 0.4) is 0 Å². The van der Waals surface area contributed by atoms with Crippen LogP contribution < -0.4 is 10.6 Å². The number of alkyl halides is 3. The number of nitrogens with zero attached hydrogens (tertiary/aromatic N) is 3. The van der Waals surface area contributed by atoms with Gasteiger partial charge in [0.15, 0.2) is 0 Å². The largest absolute Gasteiger partial charge is 0.393 e. The van der Waals surface area contributed by atoms with E-state index in [4.69, 9.17) is 17.3 Å². The highest BCUT2D eigenvalue weighted by atomic mass is 35.5. The van der Waals surface area contributed by atoms with Crippen LogP contribution in [0, 0.1) is 24.2 Å². The minimum absolute atomic E-state index is 0.0662. The maximum atomic E-state index is 13.9. The number of H-pyrrole nitrogens is 1. The lowest BCUT2D eigenvalue weighted by Gasteiger charge is -2.37. The number of aryl methyl sites for hydroxylation is 1. The highest BCUT2D eigenvalue weighted by Crippen LogP contribution is 2.40. The molecule has 1 fully saturated rings. The Balaban J connectivity index is 2.29. The minimum atomic E-state index is -3.85. The second kappa shape index (κ2) is 6.61. The number of nitrogens with two attached hydrogens (primary N) is 1. The number of aliphatic hydroxyl groups excluding tert-OH is 1. The van der Waals surface area contributed by atoms with Crippen molar-refractivity contribution in [3.8, 4) is 6.07 Å². The van der Waals surface area contributed by atoms with Crippen molar-refractivity contribution in [2.75, 3.05) is 24.7 Å². The summed E-state index contributed by atoms with van der Waals surface area (Å²) < 4.78 is 41.0. The number of hydrogen-bond acceptors (Lipinski definition) is 5. The van der Waals surface area contributed by atoms with E-state index >= 15 is 0 Å². The normalized spacial score (nSPS) is 21.2. The highest BCUT2D eigenvalue weighted by molar-refractivity contribution is 6.36. The third kappa shape index (κ3) is 2.98. The number of pyridine rings is 1. The summed E-state index contributed by atoms with van der Waals surface area (Å²) in [6.45, 7) is 1.20. The van der Waals surface area contributed by atoms with E-state index in [2.05, 4.69) is 9.97 Å². The summed E-state index contributed by atoms with van der Waals surface area (Å²) in [7, 11) is 0. The van der Waals surface area contributed by atoms with Crippen LogP contribution >= 0.6 is 11.6 Å². The second-order valence-corrected chi connectivity index (χ2v) is 6.80. The Morgan fingerprint density at radius 1 is 1.54 bits per heavy atom. The number of piperidine rings is 1. The number of rotatable bonds is 3. The van der Waals surface area contributed by atoms with Crippen molar-refractivity contribution in [2.45, 2.75) is 25.5 Å². The van der Waals surface area contributed by atoms with Gasteiger partial charge in [-0.2, -0.15) is 14.0 Å². The fourth-order valence-corrected chi connectivity index (χ4v) is 3.49. The van der Waals surface area contributed by atoms with Gasteiger partial charge in [-0.15, -0.1) is 0 Å². The summed E-state index contributed by atoms with van der Waals surface area (Å²) in [5.74, 6) is -0.688. The molecule has 2 atom stereocenters. The maximum absolute atomic E-state index is 13.9. The smallest absolute Gasteiger partial charge is 0.345 e. The van der Waals surface area contributed by atoms with Gasteiger partial charge in [0, 0.05) is 24.7 Å². The molecule has 2 aromatic heterocycles. The Morgan fingerprint density at radius 3 is 2.81 bits per heavy atom. The molecule has 3 heterocycles. The van der Waals surface area contributed by atoms with Crippen molar-refractivity contribution in [2.24, 2.45) is 11.7 Å². The first-order valence-corrected chi connectivity index (χ1v) is 8.34. The molecule has 0 saturated carbocycles. The lowest BCUT2D eigenvalue weighted by atomic mass is 9.94. The molecule has 0 amide bonds. The van der Waals surface area contributed by atoms with Gasteiger partial charge < -0.3 is 15.0 Å². The summed E-state index contributed by atoms with van der Waals surface area (Å²) in [6, 6.07) is -2.10. The number of nitrogens with one attached hydrogen (secondary N) is 1. The monoisotopic (exact) mass is 387 g/mol. The average molecular weight is 388 g/mol. The van der Waals surface area contributed by atoms with Gasteiger partial charge in [0.2, 0.25) is 0 Å². The predicted molar refractivity (Wildman–Crippen MR) is 90.9 cm³/mol. The molecule has 140 valence electrons. The molecule has 2 unspecified atom stereocenters. The number of hydrogen-bond donors (Lipinski definition) is 3. The molecule has 0 bridgehead atoms. The number of anilines is 1. The zero-order valence-corrected chi connectivity index (χ0v) is 14.6. The SMILES string of the molecule is Cc1[nH]c2c(N3CCC(O)C(CF)C3)c(C#N)c(C(N)(F)F)nc2c1Cl. The standard InChI is InChI=1S/C16H17ClF3N5O/c1-7-11(17)12-13(23-7)14(9(5-21)15(24-12)16(19,20)22)25-3-2-10(26)8(4-18)6-25/h8,10,23,26H,2-4,6,22H2,1H3. The summed E-state index contributed by atoms with van der Waals surface area (Å²) in [5.41, 5.74) is 4.69. The van der Waals surface area contributed by atoms with Gasteiger partial charge in [0.25, 0.3) is 0 Å². The van der Waals surface area contributed by atoms with Crippen molar-refractivity contribution >= 4 is 28.3 Å². The van der Waals surface area contributed by atoms with E-state index < -0.39 is 36.0 Å². The van der Waals surface area contributed by atoms with Crippen molar-refractivity contribution in [3.63, 3.8) is 0 Å². The molecule has 3 rings (SSSR count). The zero-order chi connectivity index (χ0) is 19.2. The Hall–Kier alpha value is -2.02. The van der Waals surface area contributed by atoms with Crippen molar-refractivity contribution in [1.29, 1.82) is 5.26 Å². The third-order valence-electron chi connectivity index (χ3n) is 4.66. The second-order valence-electron chi connectivity index (χ2n) is 6.42. The molecule has 1 aliphatic rings. The Morgan fingerprint density at radius 2 is 2.23 bits per heavy atom. The molecular weight excluding hydrogens is 371 g/mol. The molecule has 1 aliphatic heterocycles. The van der Waals surface area contributed by atoms with Crippen molar-refractivity contribution in [3.05, 3.63) is 22.0 Å². The fraction of sp³-hybridized carbons (Fsp3) is 0.500. The molecular formula is C16H17ClF3N5O. The van der Waals surface area contributed by atoms with Crippen LogP contribution in [-0.2, 0) is 6.05 Å². The van der Waals surface area contributed by atoms with E-state index in [1.54, 1.807) is 17.9 Å². The molecule has 6 nitrogen and oxygen atoms in total. The molecule has 2 aromatic rings. The van der Waals surface area contributed by atoms with Crippen molar-refractivity contribution in [1.82, 2.24) is 9.97 Å². The molecule has 0 radical (unpaired) electrons. The maximum Gasteiger partial charge on any atom is 0.345 e. The average Bonchev–Trinajstić information content (AvgIpc) is 2.87. The molecule has 1 saturated heterocycles. The van der Waals surface area contributed by atoms with E-state index in [1.165, 1.54) is 0 Å². The first kappa shape index (κ1) is 18.8. The van der Waals surface area contributed by atoms with E-state index in [9.17, 15) is 23.5 Å². The first-order valence-electron chi connectivity index (χ1n) is 7.97. The Bertz CT molecular complexity index is 889. The molecule has 0 spiro atoms. The molecule has 10 heteroatoms. The van der Waals surface area contributed by atoms with Gasteiger partial charge >= 0.3 is 6.05 Å². The van der Waals surface area contributed by atoms with Gasteiger partial charge in [-0.1, -0.05) is 11.6 Å². The summed E-state index contributed by atoms with van der Waals surface area (Å²) in [5, 5.41) is 19.6. The van der Waals surface area contributed by atoms with E-state index in [1.807, 2.05) is 0 Å². The molecule has 4 N–H and O–H groups in total. The molecule has 0 aromatic carbocycles. The van der Waals surface area contributed by atoms with E-state index in [-0.39, 0.29) is 35.7 Å². The van der Waals surface area contributed by atoms with Gasteiger partial charge in [-0.05, 0) is 13.3 Å². The van der Waals surface area contributed by atoms with Gasteiger partial charge in [0.05, 0.1) is 29.0 Å². The number of aliphatic hydroxyl groups is 1. The number of aromatic nitrogens is 2. The van der Waals surface area contributed by atoms with Crippen molar-refractivity contribution < 1.29 is 18.3 Å². The van der Waals surface area contributed by atoms with Crippen LogP contribution in [0.15, 0.2) is 0 Å². The van der Waals surface area contributed by atoms with Gasteiger partial charge in [0.1, 0.15) is 22.8 Å². The van der Waals surface area contributed by atoms with Crippen LogP contribution in [0.1, 0.15) is 23.4 Å². The summed E-state index contributed by atoms with van der Waals surface area (Å²) in [6.07, 6.45) is -0.589. The lowest BCUT2D eigenvalue weighted by molar-refractivity contribution is -0.00160. The van der Waals surface area contributed by atoms with Gasteiger partial charge in [-0.25, -0.2) is 4.98 Å². The minimum Gasteiger partial charge on any atom is -0.393 e. The third-order valence-corrected chi connectivity index (χ3v) is 5.12. The first-order chi connectivity index (χ1) is 12.2.